The maximum atomic E-state index is 13.5. The molecule has 1 N–H and O–H groups in total. The zero-order valence-electron chi connectivity index (χ0n) is 28.9. The number of rotatable bonds is 5. The van der Waals surface area contributed by atoms with Gasteiger partial charge in [0.1, 0.15) is 18.0 Å². The number of hydrogen-bond donors (Lipinski definition) is 1. The number of esters is 2. The molecule has 2 aliphatic heterocycles. The molecule has 12 atom stereocenters. The summed E-state index contributed by atoms with van der Waals surface area (Å²) in [4.78, 5) is 39.0. The Balaban J connectivity index is 1.43. The van der Waals surface area contributed by atoms with E-state index in [2.05, 4.69) is 40.7 Å². The molecular formula is C37H54O8. The molecule has 3 saturated carbocycles. The Morgan fingerprint density at radius 1 is 1.02 bits per heavy atom. The molecule has 0 radical (unpaired) electrons. The van der Waals surface area contributed by atoms with E-state index >= 15 is 0 Å². The van der Waals surface area contributed by atoms with Gasteiger partial charge in [-0.15, -0.1) is 0 Å². The number of ketones is 1. The Kier molecular flexibility index (Phi) is 7.66. The highest BCUT2D eigenvalue weighted by Crippen LogP contribution is 2.74. The van der Waals surface area contributed by atoms with Crippen molar-refractivity contribution in [2.75, 3.05) is 0 Å². The molecule has 6 aliphatic rings. The molecule has 0 bridgehead atoms. The molecule has 0 spiro atoms. The number of carbonyl (C=O) groups excluding carboxylic acids is 3. The second-order valence-electron chi connectivity index (χ2n) is 16.8. The van der Waals surface area contributed by atoms with Gasteiger partial charge in [-0.2, -0.15) is 0 Å². The number of Topliss-reactive ketones (excluding diaryl/α,β-unsaturated/α-hetero) is 1. The molecule has 5 fully saturated rings. The number of allylic oxidation sites excluding steroid dienone is 2. The van der Waals surface area contributed by atoms with Crippen molar-refractivity contribution in [3.8, 4) is 0 Å². The number of ether oxygens (including phenoxy) is 4. The fourth-order valence-corrected chi connectivity index (χ4v) is 11.2. The standard InChI is InChI=1S/C37H54O8/c1-11-19(2)31(41)43-25-18-36(9)22(21-16-24(30-34(6,7)45-30)44-32(21)42-20(3)38)14-15-35(36,8)23-12-13-26-33(4,5)27(39)17-28(40)37(26,10)29(23)25/h11,13,21-25,28-30,32,40H,12,14-18H2,1-10H3/t21-,22-,23+,24-,25+,28-,29+,30-,32-,35+,36-,37+/m0/s1. The van der Waals surface area contributed by atoms with E-state index in [0.29, 0.717) is 12.0 Å². The monoisotopic (exact) mass is 626 g/mol. The van der Waals surface area contributed by atoms with Gasteiger partial charge < -0.3 is 24.1 Å². The third-order valence-electron chi connectivity index (χ3n) is 14.0. The summed E-state index contributed by atoms with van der Waals surface area (Å²) in [6.45, 7) is 20.0. The van der Waals surface area contributed by atoms with Crippen molar-refractivity contribution in [2.24, 2.45) is 45.3 Å². The number of hydrogen-bond acceptors (Lipinski definition) is 8. The molecule has 0 unspecified atom stereocenters. The number of epoxide rings is 1. The fraction of sp³-hybridized carbons (Fsp3) is 0.811. The zero-order chi connectivity index (χ0) is 33.1. The summed E-state index contributed by atoms with van der Waals surface area (Å²) in [5, 5.41) is 11.8. The lowest BCUT2D eigenvalue weighted by atomic mass is 9.39. The highest BCUT2D eigenvalue weighted by atomic mass is 16.7. The van der Waals surface area contributed by atoms with Crippen molar-refractivity contribution in [2.45, 2.75) is 144 Å². The van der Waals surface area contributed by atoms with Crippen molar-refractivity contribution in [1.29, 1.82) is 0 Å². The van der Waals surface area contributed by atoms with Gasteiger partial charge in [-0.1, -0.05) is 38.5 Å². The smallest absolute Gasteiger partial charge is 0.333 e. The SMILES string of the molecule is CC=C(C)C(=O)O[C@@H]1C[C@@]2(C)[C@H]([C@@H]3C[C@@H]([C@@H]4OC4(C)C)O[C@@H]3OC(C)=O)CC[C@]2(C)[C@@H]2CC=C3C(C)(C)C(=O)C[C@H](O)[C@]3(C)[C@H]21. The predicted octanol–water partition coefficient (Wildman–Crippen LogP) is 6.09. The second kappa shape index (κ2) is 10.5. The lowest BCUT2D eigenvalue weighted by Gasteiger charge is -2.66. The highest BCUT2D eigenvalue weighted by Gasteiger charge is 2.72. The highest BCUT2D eigenvalue weighted by molar-refractivity contribution is 5.90. The van der Waals surface area contributed by atoms with E-state index in [9.17, 15) is 19.5 Å². The minimum absolute atomic E-state index is 0.0157. The van der Waals surface area contributed by atoms with Gasteiger partial charge in [0.25, 0.3) is 0 Å². The largest absolute Gasteiger partial charge is 0.459 e. The fourth-order valence-electron chi connectivity index (χ4n) is 11.2. The van der Waals surface area contributed by atoms with Crippen molar-refractivity contribution in [3.63, 3.8) is 0 Å². The van der Waals surface area contributed by atoms with Crippen LogP contribution in [0.5, 0.6) is 0 Å². The molecule has 8 nitrogen and oxygen atoms in total. The Morgan fingerprint density at radius 2 is 1.69 bits per heavy atom. The Labute approximate surface area is 268 Å². The Morgan fingerprint density at radius 3 is 2.29 bits per heavy atom. The van der Waals surface area contributed by atoms with Crippen LogP contribution in [0.25, 0.3) is 0 Å². The van der Waals surface area contributed by atoms with Crippen molar-refractivity contribution >= 4 is 17.7 Å². The maximum Gasteiger partial charge on any atom is 0.333 e. The zero-order valence-corrected chi connectivity index (χ0v) is 28.9. The topological polar surface area (TPSA) is 112 Å². The van der Waals surface area contributed by atoms with E-state index < -0.39 is 29.3 Å². The summed E-state index contributed by atoms with van der Waals surface area (Å²) in [7, 11) is 0. The molecule has 2 saturated heterocycles. The van der Waals surface area contributed by atoms with Crippen LogP contribution >= 0.6 is 0 Å². The first-order valence-electron chi connectivity index (χ1n) is 17.1. The van der Waals surface area contributed by atoms with Crippen LogP contribution in [0.15, 0.2) is 23.3 Å². The quantitative estimate of drug-likeness (QED) is 0.169. The van der Waals surface area contributed by atoms with E-state index in [1.807, 2.05) is 20.8 Å². The predicted molar refractivity (Wildman–Crippen MR) is 168 cm³/mol. The lowest BCUT2D eigenvalue weighted by molar-refractivity contribution is -0.214. The van der Waals surface area contributed by atoms with Crippen LogP contribution in [0.3, 0.4) is 0 Å². The van der Waals surface area contributed by atoms with Crippen molar-refractivity contribution in [3.05, 3.63) is 23.3 Å². The van der Waals surface area contributed by atoms with Gasteiger partial charge in [0.2, 0.25) is 6.29 Å². The molecule has 0 aromatic carbocycles. The average molecular weight is 627 g/mol. The molecular weight excluding hydrogens is 572 g/mol. The summed E-state index contributed by atoms with van der Waals surface area (Å²) in [5.74, 6) is -0.520. The van der Waals surface area contributed by atoms with Crippen LogP contribution in [0.2, 0.25) is 0 Å². The van der Waals surface area contributed by atoms with Gasteiger partial charge in [-0.25, -0.2) is 4.79 Å². The molecule has 0 aromatic rings. The van der Waals surface area contributed by atoms with Crippen molar-refractivity contribution < 1.29 is 38.4 Å². The number of aliphatic hydroxyl groups is 1. The lowest BCUT2D eigenvalue weighted by Crippen LogP contribution is -2.66. The second-order valence-corrected chi connectivity index (χ2v) is 16.8. The molecule has 8 heteroatoms. The van der Waals surface area contributed by atoms with Gasteiger partial charge in [0.15, 0.2) is 0 Å². The third kappa shape index (κ3) is 4.66. The van der Waals surface area contributed by atoms with Crippen LogP contribution in [-0.2, 0) is 33.3 Å². The first-order valence-corrected chi connectivity index (χ1v) is 17.1. The summed E-state index contributed by atoms with van der Waals surface area (Å²) in [5.41, 5.74) is -0.540. The van der Waals surface area contributed by atoms with E-state index in [-0.39, 0.29) is 76.5 Å². The van der Waals surface area contributed by atoms with E-state index in [1.165, 1.54) is 6.92 Å². The summed E-state index contributed by atoms with van der Waals surface area (Å²) in [6, 6.07) is 0. The van der Waals surface area contributed by atoms with E-state index in [0.717, 1.165) is 31.3 Å². The van der Waals surface area contributed by atoms with Gasteiger partial charge >= 0.3 is 11.9 Å². The van der Waals surface area contributed by atoms with E-state index in [1.54, 1.807) is 13.0 Å². The third-order valence-corrected chi connectivity index (χ3v) is 14.0. The minimum Gasteiger partial charge on any atom is -0.459 e. The normalized spacial score (nSPS) is 48.1. The summed E-state index contributed by atoms with van der Waals surface area (Å²) < 4.78 is 24.8. The summed E-state index contributed by atoms with van der Waals surface area (Å²) in [6.07, 6.45) is 6.01. The molecule has 45 heavy (non-hydrogen) atoms. The first kappa shape index (κ1) is 32.9. The number of fused-ring (bicyclic) bond motifs is 5. The van der Waals surface area contributed by atoms with Crippen LogP contribution < -0.4 is 0 Å². The molecule has 0 amide bonds. The van der Waals surface area contributed by atoms with Crippen LogP contribution in [0, 0.1) is 45.3 Å². The molecule has 4 aliphatic carbocycles. The van der Waals surface area contributed by atoms with Crippen LogP contribution in [0.4, 0.5) is 0 Å². The molecule has 250 valence electrons. The number of aliphatic hydroxyl groups excluding tert-OH is 1. The Hall–Kier alpha value is -2.03. The average Bonchev–Trinajstić information content (AvgIpc) is 3.26. The van der Waals surface area contributed by atoms with Gasteiger partial charge in [-0.05, 0) is 96.3 Å². The van der Waals surface area contributed by atoms with Gasteiger partial charge in [-0.3, -0.25) is 9.59 Å². The molecule has 6 rings (SSSR count). The maximum absolute atomic E-state index is 13.5. The molecule has 0 aromatic heterocycles. The Bertz CT molecular complexity index is 1340. The van der Waals surface area contributed by atoms with Crippen LogP contribution in [-0.4, -0.2) is 59.1 Å². The van der Waals surface area contributed by atoms with Crippen molar-refractivity contribution in [1.82, 2.24) is 0 Å². The number of carbonyl (C=O) groups is 3. The van der Waals surface area contributed by atoms with E-state index in [4.69, 9.17) is 18.9 Å². The van der Waals surface area contributed by atoms with Gasteiger partial charge in [0, 0.05) is 41.6 Å². The van der Waals surface area contributed by atoms with Gasteiger partial charge in [0.05, 0.1) is 17.8 Å². The molecule has 2 heterocycles. The minimum atomic E-state index is -0.856. The summed E-state index contributed by atoms with van der Waals surface area (Å²) >= 11 is 0. The first-order chi connectivity index (χ1) is 20.8. The van der Waals surface area contributed by atoms with Crippen LogP contribution in [0.1, 0.15) is 108 Å².